The molecule has 3 rings (SSSR count). The van der Waals surface area contributed by atoms with Gasteiger partial charge in [0.05, 0.1) is 0 Å². The van der Waals surface area contributed by atoms with E-state index in [1.807, 2.05) is 27.8 Å². The lowest BCUT2D eigenvalue weighted by atomic mass is 10.2. The Kier molecular flexibility index (Phi) is 4.80. The van der Waals surface area contributed by atoms with Crippen LogP contribution in [0.25, 0.3) is 0 Å². The van der Waals surface area contributed by atoms with Gasteiger partial charge in [-0.2, -0.15) is 10.1 Å². The minimum atomic E-state index is -0.183. The highest BCUT2D eigenvalue weighted by Gasteiger charge is 2.27. The van der Waals surface area contributed by atoms with Crippen LogP contribution < -0.4 is 10.2 Å². The third-order valence-corrected chi connectivity index (χ3v) is 4.65. The largest absolute Gasteiger partial charge is 0.354 e. The van der Waals surface area contributed by atoms with Gasteiger partial charge >= 0.3 is 0 Å². The standard InChI is InChI=1S/C17H26N8O/c1-10-11(2)18-14(16(26)23(4)5)21-15(10)25-8-7-13(9-25)20-17-19-12(3)22-24(17)6/h13H,7-9H2,1-6H3,(H,19,20,22)/t13-/m1/s1. The van der Waals surface area contributed by atoms with Crippen LogP contribution in [0.15, 0.2) is 0 Å². The molecule has 0 unspecified atom stereocenters. The normalized spacial score (nSPS) is 16.8. The van der Waals surface area contributed by atoms with Gasteiger partial charge in [-0.25, -0.2) is 14.6 Å². The summed E-state index contributed by atoms with van der Waals surface area (Å²) in [7, 11) is 5.30. The maximum absolute atomic E-state index is 12.3. The second-order valence-electron chi connectivity index (χ2n) is 6.96. The molecule has 0 radical (unpaired) electrons. The van der Waals surface area contributed by atoms with E-state index in [1.54, 1.807) is 18.8 Å². The third kappa shape index (κ3) is 3.47. The van der Waals surface area contributed by atoms with E-state index >= 15 is 0 Å². The molecule has 26 heavy (non-hydrogen) atoms. The van der Waals surface area contributed by atoms with Crippen LogP contribution in [-0.2, 0) is 7.05 Å². The predicted molar refractivity (Wildman–Crippen MR) is 99.5 cm³/mol. The molecule has 0 spiro atoms. The van der Waals surface area contributed by atoms with Crippen LogP contribution in [0.1, 0.15) is 34.1 Å². The molecule has 1 N–H and O–H groups in total. The monoisotopic (exact) mass is 358 g/mol. The summed E-state index contributed by atoms with van der Waals surface area (Å²) in [5.41, 5.74) is 1.84. The van der Waals surface area contributed by atoms with E-state index < -0.39 is 0 Å². The molecule has 0 bridgehead atoms. The third-order valence-electron chi connectivity index (χ3n) is 4.65. The number of hydrogen-bond acceptors (Lipinski definition) is 7. The first-order valence-corrected chi connectivity index (χ1v) is 8.72. The fourth-order valence-corrected chi connectivity index (χ4v) is 3.11. The molecule has 140 valence electrons. The number of aromatic nitrogens is 5. The summed E-state index contributed by atoms with van der Waals surface area (Å²) in [4.78, 5) is 29.3. The van der Waals surface area contributed by atoms with E-state index in [0.29, 0.717) is 0 Å². The van der Waals surface area contributed by atoms with Gasteiger partial charge in [-0.1, -0.05) is 0 Å². The molecule has 0 saturated carbocycles. The lowest BCUT2D eigenvalue weighted by Gasteiger charge is -2.22. The van der Waals surface area contributed by atoms with Crippen molar-refractivity contribution < 1.29 is 4.79 Å². The first-order valence-electron chi connectivity index (χ1n) is 8.72. The zero-order valence-electron chi connectivity index (χ0n) is 16.2. The number of rotatable bonds is 4. The average Bonchev–Trinajstić information content (AvgIpc) is 3.16. The molecule has 1 saturated heterocycles. The first kappa shape index (κ1) is 18.1. The Morgan fingerprint density at radius 3 is 2.54 bits per heavy atom. The quantitative estimate of drug-likeness (QED) is 0.869. The zero-order valence-corrected chi connectivity index (χ0v) is 16.2. The minimum Gasteiger partial charge on any atom is -0.354 e. The van der Waals surface area contributed by atoms with Gasteiger partial charge in [0.2, 0.25) is 11.8 Å². The van der Waals surface area contributed by atoms with Crippen LogP contribution in [-0.4, -0.2) is 68.8 Å². The van der Waals surface area contributed by atoms with E-state index in [0.717, 1.165) is 48.4 Å². The van der Waals surface area contributed by atoms with Crippen molar-refractivity contribution in [3.05, 3.63) is 22.9 Å². The average molecular weight is 358 g/mol. The Morgan fingerprint density at radius 2 is 1.92 bits per heavy atom. The van der Waals surface area contributed by atoms with E-state index in [1.165, 1.54) is 4.90 Å². The van der Waals surface area contributed by atoms with Crippen LogP contribution in [0.2, 0.25) is 0 Å². The molecule has 2 aromatic rings. The van der Waals surface area contributed by atoms with Crippen molar-refractivity contribution >= 4 is 17.7 Å². The van der Waals surface area contributed by atoms with Gasteiger partial charge in [0.25, 0.3) is 5.91 Å². The topological polar surface area (TPSA) is 92.1 Å². The van der Waals surface area contributed by atoms with Crippen molar-refractivity contribution in [2.24, 2.45) is 7.05 Å². The van der Waals surface area contributed by atoms with Gasteiger partial charge in [0, 0.05) is 51.5 Å². The van der Waals surface area contributed by atoms with E-state index in [2.05, 4.69) is 30.3 Å². The van der Waals surface area contributed by atoms with Gasteiger partial charge in [0.15, 0.2) is 0 Å². The van der Waals surface area contributed by atoms with Gasteiger partial charge < -0.3 is 15.1 Å². The minimum absolute atomic E-state index is 0.183. The molecule has 1 atom stereocenters. The maximum Gasteiger partial charge on any atom is 0.291 e. The van der Waals surface area contributed by atoms with Crippen molar-refractivity contribution in [2.45, 2.75) is 33.2 Å². The summed E-state index contributed by atoms with van der Waals surface area (Å²) < 4.78 is 1.76. The SMILES string of the molecule is Cc1nc(N[C@@H]2CCN(c3nc(C(=O)N(C)C)nc(C)c3C)C2)n(C)n1. The number of nitrogens with one attached hydrogen (secondary N) is 1. The molecular weight excluding hydrogens is 332 g/mol. The Balaban J connectivity index is 1.79. The molecule has 1 aliphatic heterocycles. The highest BCUT2D eigenvalue weighted by Crippen LogP contribution is 2.25. The Hall–Kier alpha value is -2.71. The molecule has 1 amide bonds. The van der Waals surface area contributed by atoms with E-state index in [4.69, 9.17) is 0 Å². The van der Waals surface area contributed by atoms with E-state index in [9.17, 15) is 4.79 Å². The number of carbonyl (C=O) groups excluding carboxylic acids is 1. The number of nitrogens with zero attached hydrogens (tertiary/aromatic N) is 7. The van der Waals surface area contributed by atoms with Gasteiger partial charge in [-0.3, -0.25) is 4.79 Å². The number of aryl methyl sites for hydroxylation is 3. The summed E-state index contributed by atoms with van der Waals surface area (Å²) in [6.07, 6.45) is 0.964. The predicted octanol–water partition coefficient (Wildman–Crippen LogP) is 0.923. The molecular formula is C17H26N8O. The van der Waals surface area contributed by atoms with Crippen LogP contribution in [0.4, 0.5) is 11.8 Å². The fraction of sp³-hybridized carbons (Fsp3) is 0.588. The molecule has 1 aliphatic rings. The van der Waals surface area contributed by atoms with Crippen molar-refractivity contribution in [3.8, 4) is 0 Å². The number of anilines is 2. The summed E-state index contributed by atoms with van der Waals surface area (Å²) in [6, 6.07) is 0.250. The zero-order chi connectivity index (χ0) is 19.0. The number of carbonyl (C=O) groups is 1. The Labute approximate surface area is 153 Å². The van der Waals surface area contributed by atoms with Crippen LogP contribution in [0.5, 0.6) is 0 Å². The first-order chi connectivity index (χ1) is 12.3. The Morgan fingerprint density at radius 1 is 1.19 bits per heavy atom. The lowest BCUT2D eigenvalue weighted by molar-refractivity contribution is 0.0815. The molecule has 0 aliphatic carbocycles. The highest BCUT2D eigenvalue weighted by atomic mass is 16.2. The second kappa shape index (κ2) is 6.89. The highest BCUT2D eigenvalue weighted by molar-refractivity contribution is 5.90. The van der Waals surface area contributed by atoms with Gasteiger partial charge in [0.1, 0.15) is 11.6 Å². The van der Waals surface area contributed by atoms with Gasteiger partial charge in [-0.05, 0) is 27.2 Å². The second-order valence-corrected chi connectivity index (χ2v) is 6.96. The fourth-order valence-electron chi connectivity index (χ4n) is 3.11. The van der Waals surface area contributed by atoms with Crippen molar-refractivity contribution in [3.63, 3.8) is 0 Å². The number of amides is 1. The molecule has 9 nitrogen and oxygen atoms in total. The van der Waals surface area contributed by atoms with Crippen molar-refractivity contribution in [1.82, 2.24) is 29.6 Å². The smallest absolute Gasteiger partial charge is 0.291 e. The summed E-state index contributed by atoms with van der Waals surface area (Å²) >= 11 is 0. The van der Waals surface area contributed by atoms with Crippen LogP contribution >= 0.6 is 0 Å². The molecule has 9 heteroatoms. The summed E-state index contributed by atoms with van der Waals surface area (Å²) in [5.74, 6) is 2.42. The van der Waals surface area contributed by atoms with Crippen molar-refractivity contribution in [1.29, 1.82) is 0 Å². The molecule has 3 heterocycles. The lowest BCUT2D eigenvalue weighted by Crippen LogP contribution is -2.30. The van der Waals surface area contributed by atoms with Crippen LogP contribution in [0, 0.1) is 20.8 Å². The van der Waals surface area contributed by atoms with Crippen LogP contribution in [0.3, 0.4) is 0 Å². The Bertz CT molecular complexity index is 828. The van der Waals surface area contributed by atoms with Gasteiger partial charge in [-0.15, -0.1) is 0 Å². The molecule has 2 aromatic heterocycles. The summed E-state index contributed by atoms with van der Waals surface area (Å²) in [5, 5.41) is 7.72. The maximum atomic E-state index is 12.3. The van der Waals surface area contributed by atoms with E-state index in [-0.39, 0.29) is 17.8 Å². The van der Waals surface area contributed by atoms with Crippen molar-refractivity contribution in [2.75, 3.05) is 37.4 Å². The number of hydrogen-bond donors (Lipinski definition) is 1. The summed E-state index contributed by atoms with van der Waals surface area (Å²) in [6.45, 7) is 7.45. The molecule has 1 fully saturated rings. The molecule has 0 aromatic carbocycles.